The Labute approximate surface area is 208 Å². The molecule has 0 N–H and O–H groups in total. The number of rotatable bonds is 5. The lowest BCUT2D eigenvalue weighted by atomic mass is 9.98. The molecule has 2 aliphatic rings. The Bertz CT molecular complexity index is 1150. The monoisotopic (exact) mass is 501 g/mol. The number of carbonyl (C=O) groups is 1. The van der Waals surface area contributed by atoms with Crippen LogP contribution in [0.5, 0.6) is 0 Å². The van der Waals surface area contributed by atoms with Crippen molar-refractivity contribution in [3.05, 3.63) is 53.1 Å². The first-order valence-corrected chi connectivity index (χ1v) is 14.7. The quantitative estimate of drug-likeness (QED) is 0.568. The normalized spacial score (nSPS) is 18.4. The van der Waals surface area contributed by atoms with Crippen LogP contribution in [-0.4, -0.2) is 69.1 Å². The van der Waals surface area contributed by atoms with Gasteiger partial charge in [0.05, 0.1) is 10.5 Å². The molecule has 2 saturated heterocycles. The zero-order valence-electron chi connectivity index (χ0n) is 20.6. The number of anilines is 1. The highest BCUT2D eigenvalue weighted by atomic mass is 32.2. The largest absolute Gasteiger partial charge is 0.369 e. The molecular weight excluding hydrogens is 466 g/mol. The predicted molar refractivity (Wildman–Crippen MR) is 139 cm³/mol. The van der Waals surface area contributed by atoms with Crippen molar-refractivity contribution in [2.24, 2.45) is 5.92 Å². The third kappa shape index (κ3) is 4.99. The van der Waals surface area contributed by atoms with Crippen molar-refractivity contribution in [1.29, 1.82) is 0 Å². The molecule has 0 radical (unpaired) electrons. The van der Waals surface area contributed by atoms with Crippen molar-refractivity contribution in [2.45, 2.75) is 43.4 Å². The minimum Gasteiger partial charge on any atom is -0.369 e. The van der Waals surface area contributed by atoms with E-state index >= 15 is 0 Å². The summed E-state index contributed by atoms with van der Waals surface area (Å²) in [6.45, 7) is 10.0. The van der Waals surface area contributed by atoms with Crippen LogP contribution in [0, 0.1) is 19.8 Å². The second-order valence-corrected chi connectivity index (χ2v) is 12.2. The van der Waals surface area contributed by atoms with Gasteiger partial charge in [0.15, 0.2) is 0 Å². The second kappa shape index (κ2) is 10.3. The van der Waals surface area contributed by atoms with Gasteiger partial charge >= 0.3 is 0 Å². The molecule has 184 valence electrons. The summed E-state index contributed by atoms with van der Waals surface area (Å²) < 4.78 is 28.6. The molecule has 2 aromatic carbocycles. The molecule has 2 heterocycles. The van der Waals surface area contributed by atoms with Crippen LogP contribution < -0.4 is 4.90 Å². The summed E-state index contributed by atoms with van der Waals surface area (Å²) in [6.07, 6.45) is 3.90. The highest BCUT2D eigenvalue weighted by Gasteiger charge is 2.31. The Morgan fingerprint density at radius 1 is 0.971 bits per heavy atom. The standard InChI is InChI=1S/C26H35N3O3S2/c1-19-10-12-28(13-11-19)26(30)23-18-22(8-9-25(23)33-4)34(31,32)29-16-14-27(15-17-29)24-7-5-6-20(2)21(24)3/h5-9,18-19H,10-17H2,1-4H3. The van der Waals surface area contributed by atoms with Gasteiger partial charge in [-0.25, -0.2) is 8.42 Å². The van der Waals surface area contributed by atoms with Crippen LogP contribution in [0.3, 0.4) is 0 Å². The van der Waals surface area contributed by atoms with Gasteiger partial charge in [-0.2, -0.15) is 4.31 Å². The van der Waals surface area contributed by atoms with Gasteiger partial charge in [-0.1, -0.05) is 19.1 Å². The Balaban J connectivity index is 1.53. The Kier molecular flexibility index (Phi) is 7.60. The fraction of sp³-hybridized carbons (Fsp3) is 0.500. The average Bonchev–Trinajstić information content (AvgIpc) is 2.85. The van der Waals surface area contributed by atoms with Gasteiger partial charge in [-0.3, -0.25) is 4.79 Å². The topological polar surface area (TPSA) is 60.9 Å². The summed E-state index contributed by atoms with van der Waals surface area (Å²) in [5.74, 6) is 0.561. The summed E-state index contributed by atoms with van der Waals surface area (Å²) in [7, 11) is -3.68. The van der Waals surface area contributed by atoms with Crippen LogP contribution in [-0.2, 0) is 10.0 Å². The fourth-order valence-electron chi connectivity index (χ4n) is 4.79. The van der Waals surface area contributed by atoms with Crippen molar-refractivity contribution in [1.82, 2.24) is 9.21 Å². The smallest absolute Gasteiger partial charge is 0.255 e. The molecule has 0 atom stereocenters. The molecule has 0 saturated carbocycles. The maximum atomic E-state index is 13.5. The van der Waals surface area contributed by atoms with E-state index in [4.69, 9.17) is 0 Å². The maximum Gasteiger partial charge on any atom is 0.255 e. The van der Waals surface area contributed by atoms with Crippen molar-refractivity contribution in [3.63, 3.8) is 0 Å². The van der Waals surface area contributed by atoms with Crippen molar-refractivity contribution in [3.8, 4) is 0 Å². The van der Waals surface area contributed by atoms with Crippen LogP contribution in [0.2, 0.25) is 0 Å². The van der Waals surface area contributed by atoms with E-state index in [0.717, 1.165) is 30.8 Å². The number of nitrogens with zero attached hydrogens (tertiary/aromatic N) is 3. The van der Waals surface area contributed by atoms with Gasteiger partial charge in [0.2, 0.25) is 10.0 Å². The highest BCUT2D eigenvalue weighted by Crippen LogP contribution is 2.30. The minimum absolute atomic E-state index is 0.0620. The molecule has 2 fully saturated rings. The average molecular weight is 502 g/mol. The number of hydrogen-bond donors (Lipinski definition) is 0. The molecule has 4 rings (SSSR count). The van der Waals surface area contributed by atoms with E-state index in [1.807, 2.05) is 11.2 Å². The molecule has 0 spiro atoms. The van der Waals surface area contributed by atoms with E-state index in [9.17, 15) is 13.2 Å². The molecule has 0 aliphatic carbocycles. The molecular formula is C26H35N3O3S2. The van der Waals surface area contributed by atoms with Gasteiger partial charge in [-0.15, -0.1) is 11.8 Å². The number of piperazine rings is 1. The number of amides is 1. The number of thioether (sulfide) groups is 1. The molecule has 0 aromatic heterocycles. The third-order valence-corrected chi connectivity index (χ3v) is 9.96. The maximum absolute atomic E-state index is 13.5. The van der Waals surface area contributed by atoms with Crippen LogP contribution in [0.15, 0.2) is 46.2 Å². The number of sulfonamides is 1. The van der Waals surface area contributed by atoms with Gasteiger partial charge in [0.25, 0.3) is 5.91 Å². The first-order chi connectivity index (χ1) is 16.2. The predicted octanol–water partition coefficient (Wildman–Crippen LogP) is 4.41. The molecule has 2 aliphatic heterocycles. The molecule has 0 bridgehead atoms. The van der Waals surface area contributed by atoms with Gasteiger partial charge in [-0.05, 0) is 74.3 Å². The van der Waals surface area contributed by atoms with E-state index in [1.165, 1.54) is 28.6 Å². The van der Waals surface area contributed by atoms with E-state index in [1.54, 1.807) is 22.5 Å². The third-order valence-electron chi connectivity index (χ3n) is 7.27. The number of piperidine rings is 1. The van der Waals surface area contributed by atoms with E-state index < -0.39 is 10.0 Å². The zero-order chi connectivity index (χ0) is 24.5. The molecule has 6 nitrogen and oxygen atoms in total. The summed E-state index contributed by atoms with van der Waals surface area (Å²) in [5.41, 5.74) is 4.14. The minimum atomic E-state index is -3.68. The van der Waals surface area contributed by atoms with Gasteiger partial charge < -0.3 is 9.80 Å². The van der Waals surface area contributed by atoms with Gasteiger partial charge in [0.1, 0.15) is 0 Å². The summed E-state index contributed by atoms with van der Waals surface area (Å²) in [6, 6.07) is 11.3. The Morgan fingerprint density at radius 3 is 2.29 bits per heavy atom. The van der Waals surface area contributed by atoms with Gasteiger partial charge in [0, 0.05) is 49.9 Å². The summed E-state index contributed by atoms with van der Waals surface area (Å²) in [5, 5.41) is 0. The Hall–Kier alpha value is -2.03. The number of benzene rings is 2. The second-order valence-electron chi connectivity index (χ2n) is 9.45. The SMILES string of the molecule is CSc1ccc(S(=O)(=O)N2CCN(c3cccc(C)c3C)CC2)cc1C(=O)N1CCC(C)CC1. The van der Waals surface area contributed by atoms with Crippen molar-refractivity contribution >= 4 is 33.4 Å². The lowest BCUT2D eigenvalue weighted by Gasteiger charge is -2.36. The van der Waals surface area contributed by atoms with Crippen LogP contribution in [0.25, 0.3) is 0 Å². The summed E-state index contributed by atoms with van der Waals surface area (Å²) in [4.78, 5) is 18.5. The molecule has 2 aromatic rings. The van der Waals surface area contributed by atoms with Crippen LogP contribution >= 0.6 is 11.8 Å². The fourth-order valence-corrected chi connectivity index (χ4v) is 6.81. The van der Waals surface area contributed by atoms with E-state index in [2.05, 4.69) is 43.9 Å². The molecule has 8 heteroatoms. The van der Waals surface area contributed by atoms with Crippen molar-refractivity contribution < 1.29 is 13.2 Å². The van der Waals surface area contributed by atoms with Crippen LogP contribution in [0.1, 0.15) is 41.3 Å². The first-order valence-electron chi connectivity index (χ1n) is 12.0. The van der Waals surface area contributed by atoms with E-state index in [-0.39, 0.29) is 10.8 Å². The van der Waals surface area contributed by atoms with E-state index in [0.29, 0.717) is 37.7 Å². The van der Waals surface area contributed by atoms with Crippen molar-refractivity contribution in [2.75, 3.05) is 50.4 Å². The number of carbonyl (C=O) groups excluding carboxylic acids is 1. The first kappa shape index (κ1) is 25.1. The molecule has 1 amide bonds. The lowest BCUT2D eigenvalue weighted by molar-refractivity contribution is 0.0693. The lowest BCUT2D eigenvalue weighted by Crippen LogP contribution is -2.49. The Morgan fingerprint density at radius 2 is 1.65 bits per heavy atom. The highest BCUT2D eigenvalue weighted by molar-refractivity contribution is 7.98. The van der Waals surface area contributed by atoms with Crippen LogP contribution in [0.4, 0.5) is 5.69 Å². The number of likely N-dealkylation sites (tertiary alicyclic amines) is 1. The number of aryl methyl sites for hydroxylation is 1. The number of hydrogen-bond acceptors (Lipinski definition) is 5. The molecule has 0 unspecified atom stereocenters. The summed E-state index contributed by atoms with van der Waals surface area (Å²) >= 11 is 1.48. The zero-order valence-corrected chi connectivity index (χ0v) is 22.2. The molecule has 34 heavy (non-hydrogen) atoms.